The van der Waals surface area contributed by atoms with Gasteiger partial charge in [-0.15, -0.1) is 11.6 Å². The predicted molar refractivity (Wildman–Crippen MR) is 86.7 cm³/mol. The van der Waals surface area contributed by atoms with Crippen LogP contribution in [-0.4, -0.2) is 19.3 Å². The number of hydrogen-bond acceptors (Lipinski definition) is 2. The van der Waals surface area contributed by atoms with E-state index in [1.54, 1.807) is 0 Å². The summed E-state index contributed by atoms with van der Waals surface area (Å²) in [5.74, 6) is 1.57. The van der Waals surface area contributed by atoms with E-state index in [1.165, 1.54) is 0 Å². The quantitative estimate of drug-likeness (QED) is 0.611. The fraction of sp³-hybridized carbons (Fsp3) is 0.625. The van der Waals surface area contributed by atoms with Crippen molar-refractivity contribution in [1.29, 1.82) is 0 Å². The van der Waals surface area contributed by atoms with Crippen LogP contribution >= 0.6 is 27.5 Å². The predicted octanol–water partition coefficient (Wildman–Crippen LogP) is 5.33. The average molecular weight is 362 g/mol. The van der Waals surface area contributed by atoms with Crippen LogP contribution in [0.2, 0.25) is 0 Å². The topological polar surface area (TPSA) is 18.5 Å². The molecule has 0 aromatic heterocycles. The van der Waals surface area contributed by atoms with E-state index in [1.807, 2.05) is 26.0 Å². The maximum Gasteiger partial charge on any atom is 0.124 e. The third-order valence-corrected chi connectivity index (χ3v) is 4.65. The summed E-state index contributed by atoms with van der Waals surface area (Å²) in [6, 6.07) is 6.05. The normalized spacial score (nSPS) is 23.2. The molecular formula is C16H22BrClO2. The largest absolute Gasteiger partial charge is 0.494 e. The van der Waals surface area contributed by atoms with Crippen molar-refractivity contribution in [1.82, 2.24) is 0 Å². The lowest BCUT2D eigenvalue weighted by molar-refractivity contribution is -0.0267. The molecule has 1 unspecified atom stereocenters. The Morgan fingerprint density at radius 2 is 2.05 bits per heavy atom. The Kier molecular flexibility index (Phi) is 6.19. The zero-order chi connectivity index (χ0) is 14.5. The van der Waals surface area contributed by atoms with E-state index in [0.29, 0.717) is 18.6 Å². The monoisotopic (exact) mass is 360 g/mol. The lowest BCUT2D eigenvalue weighted by Gasteiger charge is -2.36. The summed E-state index contributed by atoms with van der Waals surface area (Å²) in [5, 5.41) is 0.00151. The lowest BCUT2D eigenvalue weighted by atomic mass is 9.78. The Bertz CT molecular complexity index is 432. The van der Waals surface area contributed by atoms with Crippen LogP contribution in [0.3, 0.4) is 0 Å². The van der Waals surface area contributed by atoms with E-state index >= 15 is 0 Å². The van der Waals surface area contributed by atoms with Crippen LogP contribution in [-0.2, 0) is 4.74 Å². The van der Waals surface area contributed by atoms with Gasteiger partial charge in [0.1, 0.15) is 5.75 Å². The van der Waals surface area contributed by atoms with E-state index in [9.17, 15) is 0 Å². The molecule has 0 radical (unpaired) electrons. The molecule has 2 rings (SSSR count). The molecule has 0 N–H and O–H groups in total. The molecule has 20 heavy (non-hydrogen) atoms. The summed E-state index contributed by atoms with van der Waals surface area (Å²) in [6.07, 6.45) is 3.70. The van der Waals surface area contributed by atoms with E-state index in [0.717, 1.165) is 41.7 Å². The van der Waals surface area contributed by atoms with Crippen LogP contribution in [0.25, 0.3) is 0 Å². The zero-order valence-electron chi connectivity index (χ0n) is 12.1. The molecule has 1 aliphatic rings. The first-order valence-electron chi connectivity index (χ1n) is 7.31. The summed E-state index contributed by atoms with van der Waals surface area (Å²) in [7, 11) is 0. The summed E-state index contributed by atoms with van der Waals surface area (Å²) >= 11 is 10.1. The molecule has 0 heterocycles. The van der Waals surface area contributed by atoms with Crippen molar-refractivity contribution in [3.8, 4) is 5.75 Å². The minimum absolute atomic E-state index is 0.00151. The molecule has 1 fully saturated rings. The molecule has 0 amide bonds. The van der Waals surface area contributed by atoms with Crippen LogP contribution in [0.5, 0.6) is 5.75 Å². The Balaban J connectivity index is 1.95. The molecular weight excluding hydrogens is 340 g/mol. The number of hydrogen-bond donors (Lipinski definition) is 0. The maximum atomic E-state index is 6.61. The molecule has 112 valence electrons. The van der Waals surface area contributed by atoms with Crippen molar-refractivity contribution < 1.29 is 9.47 Å². The Morgan fingerprint density at radius 3 is 2.70 bits per heavy atom. The van der Waals surface area contributed by atoms with Crippen molar-refractivity contribution in [2.75, 3.05) is 13.2 Å². The molecule has 0 bridgehead atoms. The van der Waals surface area contributed by atoms with Gasteiger partial charge in [0.05, 0.1) is 18.1 Å². The van der Waals surface area contributed by atoms with Gasteiger partial charge >= 0.3 is 0 Å². The highest BCUT2D eigenvalue weighted by molar-refractivity contribution is 9.10. The van der Waals surface area contributed by atoms with Gasteiger partial charge in [-0.05, 0) is 57.2 Å². The number of rotatable bonds is 7. The first kappa shape index (κ1) is 16.1. The first-order valence-corrected chi connectivity index (χ1v) is 8.54. The van der Waals surface area contributed by atoms with Crippen molar-refractivity contribution in [3.63, 3.8) is 0 Å². The van der Waals surface area contributed by atoms with Gasteiger partial charge in [-0.2, -0.15) is 0 Å². The van der Waals surface area contributed by atoms with Gasteiger partial charge in [0, 0.05) is 16.6 Å². The van der Waals surface area contributed by atoms with Crippen LogP contribution in [0.4, 0.5) is 0 Å². The fourth-order valence-corrected chi connectivity index (χ4v) is 3.51. The second-order valence-electron chi connectivity index (χ2n) is 5.23. The van der Waals surface area contributed by atoms with E-state index in [4.69, 9.17) is 21.1 Å². The van der Waals surface area contributed by atoms with Gasteiger partial charge in [-0.25, -0.2) is 0 Å². The van der Waals surface area contributed by atoms with Gasteiger partial charge in [0.15, 0.2) is 0 Å². The van der Waals surface area contributed by atoms with Crippen LogP contribution in [0.15, 0.2) is 22.7 Å². The van der Waals surface area contributed by atoms with Gasteiger partial charge in [-0.3, -0.25) is 0 Å². The molecule has 0 saturated heterocycles. The maximum absolute atomic E-state index is 6.61. The number of halogens is 2. The second-order valence-corrected chi connectivity index (χ2v) is 6.68. The SMILES string of the molecule is CCOc1ccc(Br)cc1C(Cl)CC1CC(OCC)C1. The molecule has 4 heteroatoms. The van der Waals surface area contributed by atoms with Crippen molar-refractivity contribution >= 4 is 27.5 Å². The van der Waals surface area contributed by atoms with Crippen LogP contribution < -0.4 is 4.74 Å². The molecule has 2 nitrogen and oxygen atoms in total. The molecule has 1 aliphatic carbocycles. The summed E-state index contributed by atoms with van der Waals surface area (Å²) in [5.41, 5.74) is 1.09. The van der Waals surface area contributed by atoms with Crippen molar-refractivity contribution in [2.24, 2.45) is 5.92 Å². The van der Waals surface area contributed by atoms with Crippen molar-refractivity contribution in [3.05, 3.63) is 28.2 Å². The van der Waals surface area contributed by atoms with Crippen LogP contribution in [0, 0.1) is 5.92 Å². The van der Waals surface area contributed by atoms with E-state index in [-0.39, 0.29) is 5.38 Å². The minimum atomic E-state index is 0.00151. The van der Waals surface area contributed by atoms with Crippen molar-refractivity contribution in [2.45, 2.75) is 44.6 Å². The Morgan fingerprint density at radius 1 is 1.30 bits per heavy atom. The van der Waals surface area contributed by atoms with Gasteiger partial charge < -0.3 is 9.47 Å². The fourth-order valence-electron chi connectivity index (χ4n) is 2.71. The molecule has 1 aromatic carbocycles. The van der Waals surface area contributed by atoms with Gasteiger partial charge in [-0.1, -0.05) is 15.9 Å². The van der Waals surface area contributed by atoms with E-state index < -0.39 is 0 Å². The number of alkyl halides is 1. The number of benzene rings is 1. The minimum Gasteiger partial charge on any atom is -0.494 e. The molecule has 1 saturated carbocycles. The third kappa shape index (κ3) is 4.12. The highest BCUT2D eigenvalue weighted by Gasteiger charge is 2.32. The standard InChI is InChI=1S/C16H22BrClO2/c1-3-19-13-7-11(8-13)9-15(18)14-10-12(17)5-6-16(14)20-4-2/h5-6,10-11,13,15H,3-4,7-9H2,1-2H3. The summed E-state index contributed by atoms with van der Waals surface area (Å²) in [4.78, 5) is 0. The van der Waals surface area contributed by atoms with Crippen LogP contribution in [0.1, 0.15) is 44.1 Å². The smallest absolute Gasteiger partial charge is 0.124 e. The first-order chi connectivity index (χ1) is 9.63. The van der Waals surface area contributed by atoms with E-state index in [2.05, 4.69) is 22.0 Å². The summed E-state index contributed by atoms with van der Waals surface area (Å²) in [6.45, 7) is 5.51. The Hall–Kier alpha value is -0.250. The molecule has 0 aliphatic heterocycles. The molecule has 0 spiro atoms. The highest BCUT2D eigenvalue weighted by atomic mass is 79.9. The molecule has 1 atom stereocenters. The Labute approximate surface area is 134 Å². The summed E-state index contributed by atoms with van der Waals surface area (Å²) < 4.78 is 12.3. The molecule has 1 aromatic rings. The van der Waals surface area contributed by atoms with Gasteiger partial charge in [0.25, 0.3) is 0 Å². The highest BCUT2D eigenvalue weighted by Crippen LogP contribution is 2.42. The zero-order valence-corrected chi connectivity index (χ0v) is 14.4. The second kappa shape index (κ2) is 7.67. The number of ether oxygens (including phenoxy) is 2. The lowest BCUT2D eigenvalue weighted by Crippen LogP contribution is -2.31. The third-order valence-electron chi connectivity index (χ3n) is 3.74. The van der Waals surface area contributed by atoms with Gasteiger partial charge in [0.2, 0.25) is 0 Å². The average Bonchev–Trinajstić information content (AvgIpc) is 2.38.